The zero-order valence-electron chi connectivity index (χ0n) is 10.7. The van der Waals surface area contributed by atoms with Crippen LogP contribution < -0.4 is 0 Å². The van der Waals surface area contributed by atoms with Gasteiger partial charge >= 0.3 is 0 Å². The molecule has 0 radical (unpaired) electrons. The molecule has 0 saturated heterocycles. The van der Waals surface area contributed by atoms with Gasteiger partial charge in [-0.2, -0.15) is 0 Å². The molecule has 0 heterocycles. The predicted octanol–water partition coefficient (Wildman–Crippen LogP) is 3.38. The molecule has 0 saturated carbocycles. The number of methoxy groups -OCH3 is 1. The van der Waals surface area contributed by atoms with Crippen molar-refractivity contribution in [2.45, 2.75) is 64.9 Å². The Hall–Kier alpha value is -0.0800. The van der Waals surface area contributed by atoms with Gasteiger partial charge in [-0.3, -0.25) is 0 Å². The van der Waals surface area contributed by atoms with Crippen LogP contribution in [0.5, 0.6) is 0 Å². The van der Waals surface area contributed by atoms with Crippen LogP contribution in [0.1, 0.15) is 58.8 Å². The Morgan fingerprint density at radius 2 is 1.73 bits per heavy atom. The van der Waals surface area contributed by atoms with E-state index in [0.717, 1.165) is 12.8 Å². The highest BCUT2D eigenvalue weighted by atomic mass is 16.5. The Labute approximate surface area is 95.0 Å². The van der Waals surface area contributed by atoms with E-state index in [2.05, 4.69) is 13.8 Å². The number of ether oxygens (including phenoxy) is 1. The minimum Gasteiger partial charge on any atom is -0.396 e. The first-order valence-corrected chi connectivity index (χ1v) is 6.43. The molecule has 2 heteroatoms. The SMILES string of the molecule is CCCCCCC[C@H](OC)[C@H](CC)CO. The summed E-state index contributed by atoms with van der Waals surface area (Å²) in [6, 6.07) is 0. The van der Waals surface area contributed by atoms with Crippen molar-refractivity contribution >= 4 is 0 Å². The first-order chi connectivity index (χ1) is 7.29. The number of aliphatic hydroxyl groups excluding tert-OH is 1. The van der Waals surface area contributed by atoms with Crippen molar-refractivity contribution in [1.29, 1.82) is 0 Å². The van der Waals surface area contributed by atoms with Crippen LogP contribution in [0.15, 0.2) is 0 Å². The molecule has 0 aromatic rings. The summed E-state index contributed by atoms with van der Waals surface area (Å²) in [7, 11) is 1.76. The Morgan fingerprint density at radius 1 is 1.07 bits per heavy atom. The molecule has 0 aromatic carbocycles. The average Bonchev–Trinajstić information content (AvgIpc) is 2.27. The fourth-order valence-corrected chi connectivity index (χ4v) is 2.00. The van der Waals surface area contributed by atoms with E-state index in [0.29, 0.717) is 5.92 Å². The van der Waals surface area contributed by atoms with Gasteiger partial charge in [0.25, 0.3) is 0 Å². The highest BCUT2D eigenvalue weighted by Gasteiger charge is 2.17. The lowest BCUT2D eigenvalue weighted by atomic mass is 9.95. The van der Waals surface area contributed by atoms with Gasteiger partial charge in [-0.1, -0.05) is 46.0 Å². The second kappa shape index (κ2) is 10.4. The van der Waals surface area contributed by atoms with Crippen LogP contribution >= 0.6 is 0 Å². The third-order valence-electron chi connectivity index (χ3n) is 3.18. The number of aliphatic hydroxyl groups is 1. The first kappa shape index (κ1) is 14.9. The lowest BCUT2D eigenvalue weighted by molar-refractivity contribution is 0.0175. The maximum atomic E-state index is 9.19. The normalized spacial score (nSPS) is 15.2. The molecule has 0 bridgehead atoms. The monoisotopic (exact) mass is 216 g/mol. The maximum absolute atomic E-state index is 9.19. The Balaban J connectivity index is 3.60. The topological polar surface area (TPSA) is 29.5 Å². The fraction of sp³-hybridized carbons (Fsp3) is 1.00. The molecule has 2 nitrogen and oxygen atoms in total. The van der Waals surface area contributed by atoms with Crippen molar-refractivity contribution in [2.24, 2.45) is 5.92 Å². The third kappa shape index (κ3) is 6.91. The molecular weight excluding hydrogens is 188 g/mol. The molecule has 0 unspecified atom stereocenters. The van der Waals surface area contributed by atoms with Gasteiger partial charge in [-0.15, -0.1) is 0 Å². The second-order valence-corrected chi connectivity index (χ2v) is 4.33. The van der Waals surface area contributed by atoms with Gasteiger partial charge in [-0.05, 0) is 12.8 Å². The van der Waals surface area contributed by atoms with E-state index in [9.17, 15) is 5.11 Å². The number of hydrogen-bond donors (Lipinski definition) is 1. The van der Waals surface area contributed by atoms with Crippen LogP contribution in [0.2, 0.25) is 0 Å². The molecule has 15 heavy (non-hydrogen) atoms. The molecule has 92 valence electrons. The molecule has 1 N–H and O–H groups in total. The summed E-state index contributed by atoms with van der Waals surface area (Å²) in [5, 5.41) is 9.19. The molecule has 0 amide bonds. The van der Waals surface area contributed by atoms with Crippen molar-refractivity contribution in [3.05, 3.63) is 0 Å². The van der Waals surface area contributed by atoms with Crippen LogP contribution in [0, 0.1) is 5.92 Å². The Bertz CT molecular complexity index is 122. The molecule has 0 aliphatic heterocycles. The van der Waals surface area contributed by atoms with Crippen LogP contribution in [0.3, 0.4) is 0 Å². The van der Waals surface area contributed by atoms with Gasteiger partial charge in [-0.25, -0.2) is 0 Å². The van der Waals surface area contributed by atoms with E-state index in [-0.39, 0.29) is 12.7 Å². The van der Waals surface area contributed by atoms with Crippen molar-refractivity contribution in [3.63, 3.8) is 0 Å². The maximum Gasteiger partial charge on any atom is 0.0621 e. The highest BCUT2D eigenvalue weighted by molar-refractivity contribution is 4.68. The molecule has 0 aliphatic carbocycles. The van der Waals surface area contributed by atoms with E-state index in [4.69, 9.17) is 4.74 Å². The van der Waals surface area contributed by atoms with Crippen molar-refractivity contribution < 1.29 is 9.84 Å². The zero-order chi connectivity index (χ0) is 11.5. The van der Waals surface area contributed by atoms with Crippen molar-refractivity contribution in [1.82, 2.24) is 0 Å². The van der Waals surface area contributed by atoms with E-state index >= 15 is 0 Å². The average molecular weight is 216 g/mol. The Morgan fingerprint density at radius 3 is 2.20 bits per heavy atom. The van der Waals surface area contributed by atoms with Crippen molar-refractivity contribution in [3.8, 4) is 0 Å². The van der Waals surface area contributed by atoms with Crippen LogP contribution in [-0.4, -0.2) is 24.9 Å². The molecule has 0 aromatic heterocycles. The summed E-state index contributed by atoms with van der Waals surface area (Å²) >= 11 is 0. The Kier molecular flexibility index (Phi) is 10.4. The van der Waals surface area contributed by atoms with E-state index < -0.39 is 0 Å². The number of rotatable bonds is 10. The van der Waals surface area contributed by atoms with Crippen molar-refractivity contribution in [2.75, 3.05) is 13.7 Å². The second-order valence-electron chi connectivity index (χ2n) is 4.33. The van der Waals surface area contributed by atoms with Gasteiger partial charge < -0.3 is 9.84 Å². The van der Waals surface area contributed by atoms with Crippen LogP contribution in [0.25, 0.3) is 0 Å². The number of unbranched alkanes of at least 4 members (excludes halogenated alkanes) is 4. The lowest BCUT2D eigenvalue weighted by Crippen LogP contribution is -2.25. The minimum atomic E-state index is 0.252. The van der Waals surface area contributed by atoms with Crippen LogP contribution in [-0.2, 0) is 4.74 Å². The van der Waals surface area contributed by atoms with Gasteiger partial charge in [0.15, 0.2) is 0 Å². The zero-order valence-corrected chi connectivity index (χ0v) is 10.7. The molecule has 2 atom stereocenters. The van der Waals surface area contributed by atoms with E-state index in [1.807, 2.05) is 0 Å². The summed E-state index contributed by atoms with van der Waals surface area (Å²) in [6.45, 7) is 4.60. The van der Waals surface area contributed by atoms with Gasteiger partial charge in [0.05, 0.1) is 6.10 Å². The summed E-state index contributed by atoms with van der Waals surface area (Å²) < 4.78 is 5.44. The highest BCUT2D eigenvalue weighted by Crippen LogP contribution is 2.18. The quantitative estimate of drug-likeness (QED) is 0.567. The predicted molar refractivity (Wildman–Crippen MR) is 65.0 cm³/mol. The summed E-state index contributed by atoms with van der Waals surface area (Å²) in [4.78, 5) is 0. The molecule has 0 rings (SSSR count). The standard InChI is InChI=1S/C13H28O2/c1-4-6-7-8-9-10-13(15-3)12(5-2)11-14/h12-14H,4-11H2,1-3H3/t12-,13+/m1/s1. The molecule has 0 spiro atoms. The lowest BCUT2D eigenvalue weighted by Gasteiger charge is -2.23. The summed E-state index contributed by atoms with van der Waals surface area (Å²) in [5.74, 6) is 0.321. The molecule has 0 fully saturated rings. The largest absolute Gasteiger partial charge is 0.396 e. The van der Waals surface area contributed by atoms with Gasteiger partial charge in [0.1, 0.15) is 0 Å². The third-order valence-corrected chi connectivity index (χ3v) is 3.18. The molecular formula is C13H28O2. The van der Waals surface area contributed by atoms with Gasteiger partial charge in [0, 0.05) is 19.6 Å². The number of hydrogen-bond acceptors (Lipinski definition) is 2. The van der Waals surface area contributed by atoms with Gasteiger partial charge in [0.2, 0.25) is 0 Å². The van der Waals surface area contributed by atoms with Crippen LogP contribution in [0.4, 0.5) is 0 Å². The minimum absolute atomic E-state index is 0.252. The summed E-state index contributed by atoms with van der Waals surface area (Å²) in [5.41, 5.74) is 0. The first-order valence-electron chi connectivity index (χ1n) is 6.43. The van der Waals surface area contributed by atoms with E-state index in [1.165, 1.54) is 32.1 Å². The van der Waals surface area contributed by atoms with E-state index in [1.54, 1.807) is 7.11 Å². The molecule has 0 aliphatic rings. The smallest absolute Gasteiger partial charge is 0.0621 e. The summed E-state index contributed by atoms with van der Waals surface area (Å²) in [6.07, 6.45) is 8.86. The fourth-order valence-electron chi connectivity index (χ4n) is 2.00.